The molecule has 3 rings (SSSR count). The van der Waals surface area contributed by atoms with Gasteiger partial charge in [0.05, 0.1) is 10.6 Å². The van der Waals surface area contributed by atoms with Gasteiger partial charge >= 0.3 is 0 Å². The first kappa shape index (κ1) is 29.8. The lowest BCUT2D eigenvalue weighted by molar-refractivity contribution is -0.139. The van der Waals surface area contributed by atoms with Gasteiger partial charge in [0.2, 0.25) is 11.8 Å². The number of amides is 2. The lowest BCUT2D eigenvalue weighted by atomic mass is 10.1. The molecule has 39 heavy (non-hydrogen) atoms. The molecule has 0 heterocycles. The molecule has 0 saturated heterocycles. The third-order valence-electron chi connectivity index (χ3n) is 6.51. The second-order valence-electron chi connectivity index (χ2n) is 9.42. The fourth-order valence-electron chi connectivity index (χ4n) is 4.17. The van der Waals surface area contributed by atoms with E-state index in [-0.39, 0.29) is 17.3 Å². The van der Waals surface area contributed by atoms with Crippen LogP contribution in [-0.2, 0) is 32.6 Å². The fraction of sp³-hybridized carbons (Fsp3) is 0.333. The Morgan fingerprint density at radius 3 is 2.21 bits per heavy atom. The summed E-state index contributed by atoms with van der Waals surface area (Å²) in [6, 6.07) is 18.3. The van der Waals surface area contributed by atoms with Crippen molar-refractivity contribution < 1.29 is 22.4 Å². The maximum Gasteiger partial charge on any atom is 0.264 e. The van der Waals surface area contributed by atoms with Gasteiger partial charge in [0.1, 0.15) is 18.4 Å². The van der Waals surface area contributed by atoms with Crippen molar-refractivity contribution in [3.8, 4) is 0 Å². The molecule has 0 aliphatic rings. The quantitative estimate of drug-likeness (QED) is 0.348. The molecule has 1 N–H and O–H groups in total. The van der Waals surface area contributed by atoms with Crippen molar-refractivity contribution >= 4 is 27.5 Å². The van der Waals surface area contributed by atoms with Crippen LogP contribution < -0.4 is 9.62 Å². The Kier molecular flexibility index (Phi) is 10.2. The number of carbonyl (C=O) groups is 2. The number of hydrogen-bond acceptors (Lipinski definition) is 4. The van der Waals surface area contributed by atoms with E-state index >= 15 is 0 Å². The number of benzene rings is 3. The van der Waals surface area contributed by atoms with Crippen molar-refractivity contribution in [2.75, 3.05) is 17.4 Å². The summed E-state index contributed by atoms with van der Waals surface area (Å²) in [7, 11) is -4.13. The van der Waals surface area contributed by atoms with E-state index in [1.165, 1.54) is 29.2 Å². The fourth-order valence-corrected chi connectivity index (χ4v) is 5.62. The van der Waals surface area contributed by atoms with Crippen molar-refractivity contribution in [3.63, 3.8) is 0 Å². The third-order valence-corrected chi connectivity index (χ3v) is 8.29. The highest BCUT2D eigenvalue weighted by molar-refractivity contribution is 7.92. The van der Waals surface area contributed by atoms with Gasteiger partial charge in [0.25, 0.3) is 10.0 Å². The summed E-state index contributed by atoms with van der Waals surface area (Å²) in [5, 5.41) is 2.80. The van der Waals surface area contributed by atoms with Gasteiger partial charge in [-0.1, -0.05) is 61.9 Å². The van der Waals surface area contributed by atoms with E-state index < -0.39 is 34.3 Å². The minimum atomic E-state index is -4.13. The highest BCUT2D eigenvalue weighted by Gasteiger charge is 2.33. The van der Waals surface area contributed by atoms with Crippen LogP contribution >= 0.6 is 0 Å². The van der Waals surface area contributed by atoms with Gasteiger partial charge < -0.3 is 10.2 Å². The average Bonchev–Trinajstić information content (AvgIpc) is 2.93. The van der Waals surface area contributed by atoms with Crippen LogP contribution in [0.5, 0.6) is 0 Å². The number of rotatable bonds is 12. The molecule has 3 aromatic carbocycles. The van der Waals surface area contributed by atoms with Crippen molar-refractivity contribution in [2.24, 2.45) is 0 Å². The highest BCUT2D eigenvalue weighted by atomic mass is 32.2. The molecule has 7 nitrogen and oxygen atoms in total. The monoisotopic (exact) mass is 553 g/mol. The minimum Gasteiger partial charge on any atom is -0.354 e. The van der Waals surface area contributed by atoms with Gasteiger partial charge in [-0.15, -0.1) is 0 Å². The maximum atomic E-state index is 13.9. The third kappa shape index (κ3) is 7.44. The molecule has 0 bridgehead atoms. The summed E-state index contributed by atoms with van der Waals surface area (Å²) < 4.78 is 42.5. The van der Waals surface area contributed by atoms with Crippen molar-refractivity contribution in [1.29, 1.82) is 0 Å². The molecule has 2 amide bonds. The Hall–Kier alpha value is -3.72. The van der Waals surface area contributed by atoms with Crippen molar-refractivity contribution in [2.45, 2.75) is 58.0 Å². The van der Waals surface area contributed by atoms with E-state index in [0.29, 0.717) is 24.2 Å². The number of anilines is 1. The second kappa shape index (κ2) is 13.4. The first-order valence-corrected chi connectivity index (χ1v) is 14.5. The van der Waals surface area contributed by atoms with Crippen LogP contribution in [0.1, 0.15) is 43.9 Å². The molecular weight excluding hydrogens is 517 g/mol. The van der Waals surface area contributed by atoms with E-state index in [9.17, 15) is 22.4 Å². The van der Waals surface area contributed by atoms with Crippen molar-refractivity contribution in [3.05, 3.63) is 95.3 Å². The Labute approximate surface area is 230 Å². The minimum absolute atomic E-state index is 0.00761. The standard InChI is InChI=1S/C30H36FN3O4S/c1-5-19-32-30(36)23(4)33(20-24-13-15-26(31)16-14-24)29(35)21-34(28-10-8-7-9-25(28)6-2)39(37,38)27-17-11-22(3)12-18-27/h7-18,23H,5-6,19-21H2,1-4H3,(H,32,36)/t23-/m1/s1. The van der Waals surface area contributed by atoms with E-state index in [1.54, 1.807) is 43.3 Å². The number of hydrogen-bond donors (Lipinski definition) is 1. The first-order chi connectivity index (χ1) is 18.6. The van der Waals surface area contributed by atoms with Gasteiger partial charge in [-0.25, -0.2) is 12.8 Å². The molecule has 1 atom stereocenters. The summed E-state index contributed by atoms with van der Waals surface area (Å²) in [5.74, 6) is -1.33. The molecule has 3 aromatic rings. The van der Waals surface area contributed by atoms with E-state index in [2.05, 4.69) is 5.32 Å². The molecule has 0 radical (unpaired) electrons. The lowest BCUT2D eigenvalue weighted by Gasteiger charge is -2.32. The van der Waals surface area contributed by atoms with E-state index in [1.807, 2.05) is 32.9 Å². The Morgan fingerprint density at radius 2 is 1.59 bits per heavy atom. The molecule has 0 spiro atoms. The van der Waals surface area contributed by atoms with Crippen LogP contribution in [0.2, 0.25) is 0 Å². The van der Waals surface area contributed by atoms with Crippen molar-refractivity contribution in [1.82, 2.24) is 10.2 Å². The second-order valence-corrected chi connectivity index (χ2v) is 11.3. The molecule has 0 fully saturated rings. The van der Waals surface area contributed by atoms with Crippen LogP contribution in [0.3, 0.4) is 0 Å². The van der Waals surface area contributed by atoms with Crippen LogP contribution in [-0.4, -0.2) is 44.3 Å². The highest BCUT2D eigenvalue weighted by Crippen LogP contribution is 2.28. The van der Waals surface area contributed by atoms with Gasteiger partial charge in [0.15, 0.2) is 0 Å². The van der Waals surface area contributed by atoms with Gasteiger partial charge in [-0.05, 0) is 68.1 Å². The number of nitrogens with zero attached hydrogens (tertiary/aromatic N) is 2. The zero-order chi connectivity index (χ0) is 28.6. The van der Waals surface area contributed by atoms with Crippen LogP contribution in [0.4, 0.5) is 10.1 Å². The predicted molar refractivity (Wildman–Crippen MR) is 151 cm³/mol. The summed E-state index contributed by atoms with van der Waals surface area (Å²) in [4.78, 5) is 28.2. The summed E-state index contributed by atoms with van der Waals surface area (Å²) >= 11 is 0. The van der Waals surface area contributed by atoms with Gasteiger partial charge in [-0.2, -0.15) is 0 Å². The molecule has 0 aromatic heterocycles. The smallest absolute Gasteiger partial charge is 0.264 e. The zero-order valence-corrected chi connectivity index (χ0v) is 23.7. The number of sulfonamides is 1. The maximum absolute atomic E-state index is 13.9. The Balaban J connectivity index is 2.05. The SMILES string of the molecule is CCCNC(=O)[C@@H](C)N(Cc1ccc(F)cc1)C(=O)CN(c1ccccc1CC)S(=O)(=O)c1ccc(C)cc1. The normalized spacial score (nSPS) is 12.0. The van der Waals surface area contributed by atoms with E-state index in [4.69, 9.17) is 0 Å². The average molecular weight is 554 g/mol. The van der Waals surface area contributed by atoms with E-state index in [0.717, 1.165) is 21.9 Å². The first-order valence-electron chi connectivity index (χ1n) is 13.1. The number of para-hydroxylation sites is 1. The van der Waals surface area contributed by atoms with Gasteiger partial charge in [-0.3, -0.25) is 13.9 Å². The van der Waals surface area contributed by atoms with Gasteiger partial charge in [0, 0.05) is 13.1 Å². The molecule has 9 heteroatoms. The summed E-state index contributed by atoms with van der Waals surface area (Å²) in [6.07, 6.45) is 1.28. The number of halogens is 1. The molecular formula is C30H36FN3O4S. The number of aryl methyl sites for hydroxylation is 2. The van der Waals surface area contributed by atoms with Crippen LogP contribution in [0, 0.1) is 12.7 Å². The summed E-state index contributed by atoms with van der Waals surface area (Å²) in [6.45, 7) is 7.24. The Morgan fingerprint density at radius 1 is 0.949 bits per heavy atom. The molecule has 0 saturated carbocycles. The van der Waals surface area contributed by atoms with Crippen LogP contribution in [0.25, 0.3) is 0 Å². The van der Waals surface area contributed by atoms with Crippen LogP contribution in [0.15, 0.2) is 77.7 Å². The molecule has 208 valence electrons. The molecule has 0 unspecified atom stereocenters. The molecule has 0 aliphatic heterocycles. The molecule has 0 aliphatic carbocycles. The summed E-state index contributed by atoms with van der Waals surface area (Å²) in [5.41, 5.74) is 2.68. The largest absolute Gasteiger partial charge is 0.354 e. The zero-order valence-electron chi connectivity index (χ0n) is 22.9. The number of nitrogens with one attached hydrogen (secondary N) is 1. The Bertz CT molecular complexity index is 1380. The lowest BCUT2D eigenvalue weighted by Crippen LogP contribution is -2.51. The number of carbonyl (C=O) groups excluding carboxylic acids is 2. The predicted octanol–water partition coefficient (Wildman–Crippen LogP) is 4.84. The topological polar surface area (TPSA) is 86.8 Å².